The zero-order chi connectivity index (χ0) is 13.8. The third-order valence-corrected chi connectivity index (χ3v) is 3.13. The summed E-state index contributed by atoms with van der Waals surface area (Å²) in [6, 6.07) is 12.6. The second kappa shape index (κ2) is 5.89. The minimum Gasteiger partial charge on any atom is -0.399 e. The molecule has 0 amide bonds. The molecule has 98 valence electrons. The van der Waals surface area contributed by atoms with Gasteiger partial charge in [-0.1, -0.05) is 43.1 Å². The van der Waals surface area contributed by atoms with Crippen LogP contribution in [0.4, 0.5) is 5.69 Å². The van der Waals surface area contributed by atoms with Gasteiger partial charge in [-0.2, -0.15) is 0 Å². The van der Waals surface area contributed by atoms with Gasteiger partial charge in [0.05, 0.1) is 0 Å². The Bertz CT molecular complexity index is 587. The van der Waals surface area contributed by atoms with Gasteiger partial charge >= 0.3 is 0 Å². The standard InChI is InChI=1S/C16H16ClNO/c1-2-4-11-5-3-6-12(7-11)16(19)13-8-14(17)10-15(18)9-13/h3,5-10H,2,4,18H2,1H3. The van der Waals surface area contributed by atoms with E-state index in [1.165, 1.54) is 5.56 Å². The zero-order valence-electron chi connectivity index (χ0n) is 10.8. The number of aryl methyl sites for hydroxylation is 1. The summed E-state index contributed by atoms with van der Waals surface area (Å²) in [5, 5.41) is 0.480. The predicted molar refractivity (Wildman–Crippen MR) is 79.7 cm³/mol. The molecule has 0 saturated heterocycles. The molecule has 0 unspecified atom stereocenters. The topological polar surface area (TPSA) is 43.1 Å². The Morgan fingerprint density at radius 1 is 1.16 bits per heavy atom. The first kappa shape index (κ1) is 13.6. The first-order valence-corrected chi connectivity index (χ1v) is 6.67. The highest BCUT2D eigenvalue weighted by atomic mass is 35.5. The second-order valence-corrected chi connectivity index (χ2v) is 4.99. The number of nitrogen functional groups attached to an aromatic ring is 1. The Morgan fingerprint density at radius 3 is 2.63 bits per heavy atom. The summed E-state index contributed by atoms with van der Waals surface area (Å²) in [5.74, 6) is -0.0489. The van der Waals surface area contributed by atoms with Crippen molar-refractivity contribution in [1.29, 1.82) is 0 Å². The van der Waals surface area contributed by atoms with Crippen molar-refractivity contribution >= 4 is 23.1 Å². The maximum Gasteiger partial charge on any atom is 0.193 e. The SMILES string of the molecule is CCCc1cccc(C(=O)c2cc(N)cc(Cl)c2)c1. The molecule has 0 radical (unpaired) electrons. The average Bonchev–Trinajstić information content (AvgIpc) is 2.37. The average molecular weight is 274 g/mol. The van der Waals surface area contributed by atoms with Crippen LogP contribution < -0.4 is 5.73 Å². The molecule has 0 aliphatic carbocycles. The lowest BCUT2D eigenvalue weighted by atomic mass is 9.99. The van der Waals surface area contributed by atoms with Gasteiger partial charge in [0.25, 0.3) is 0 Å². The summed E-state index contributed by atoms with van der Waals surface area (Å²) in [7, 11) is 0. The molecule has 0 bridgehead atoms. The Morgan fingerprint density at radius 2 is 1.95 bits per heavy atom. The van der Waals surface area contributed by atoms with Crippen molar-refractivity contribution in [2.24, 2.45) is 0 Å². The van der Waals surface area contributed by atoms with Gasteiger partial charge < -0.3 is 5.73 Å². The second-order valence-electron chi connectivity index (χ2n) is 4.55. The van der Waals surface area contributed by atoms with Crippen LogP contribution in [0.3, 0.4) is 0 Å². The number of hydrogen-bond donors (Lipinski definition) is 1. The van der Waals surface area contributed by atoms with Crippen molar-refractivity contribution in [3.05, 3.63) is 64.2 Å². The summed E-state index contributed by atoms with van der Waals surface area (Å²) in [6.07, 6.45) is 2.03. The van der Waals surface area contributed by atoms with Gasteiger partial charge in [0.1, 0.15) is 0 Å². The molecule has 0 aromatic heterocycles. The summed E-state index contributed by atoms with van der Waals surface area (Å²) in [4.78, 5) is 12.4. The summed E-state index contributed by atoms with van der Waals surface area (Å²) < 4.78 is 0. The fourth-order valence-electron chi connectivity index (χ4n) is 2.07. The van der Waals surface area contributed by atoms with Gasteiger partial charge in [0, 0.05) is 21.8 Å². The van der Waals surface area contributed by atoms with E-state index >= 15 is 0 Å². The van der Waals surface area contributed by atoms with Crippen molar-refractivity contribution in [2.75, 3.05) is 5.73 Å². The highest BCUT2D eigenvalue weighted by Crippen LogP contribution is 2.20. The highest BCUT2D eigenvalue weighted by molar-refractivity contribution is 6.31. The molecule has 0 atom stereocenters. The largest absolute Gasteiger partial charge is 0.399 e. The molecule has 2 aromatic rings. The molecule has 0 fully saturated rings. The predicted octanol–water partition coefficient (Wildman–Crippen LogP) is 4.11. The van der Waals surface area contributed by atoms with E-state index in [0.29, 0.717) is 21.8 Å². The summed E-state index contributed by atoms with van der Waals surface area (Å²) >= 11 is 5.93. The molecule has 2 N–H and O–H groups in total. The number of carbonyl (C=O) groups is 1. The normalized spacial score (nSPS) is 10.4. The number of ketones is 1. The minimum atomic E-state index is -0.0489. The van der Waals surface area contributed by atoms with Crippen LogP contribution in [-0.2, 0) is 6.42 Å². The monoisotopic (exact) mass is 273 g/mol. The van der Waals surface area contributed by atoms with Crippen LogP contribution in [0.2, 0.25) is 5.02 Å². The van der Waals surface area contributed by atoms with Gasteiger partial charge in [-0.3, -0.25) is 4.79 Å². The number of benzene rings is 2. The third-order valence-electron chi connectivity index (χ3n) is 2.91. The molecule has 2 aromatic carbocycles. The van der Waals surface area contributed by atoms with Crippen molar-refractivity contribution in [3.8, 4) is 0 Å². The van der Waals surface area contributed by atoms with Crippen LogP contribution in [0.25, 0.3) is 0 Å². The fourth-order valence-corrected chi connectivity index (χ4v) is 2.31. The lowest BCUT2D eigenvalue weighted by Gasteiger charge is -2.05. The number of nitrogens with two attached hydrogens (primary N) is 1. The molecule has 2 rings (SSSR count). The van der Waals surface area contributed by atoms with Crippen molar-refractivity contribution in [3.63, 3.8) is 0 Å². The van der Waals surface area contributed by atoms with Gasteiger partial charge in [-0.15, -0.1) is 0 Å². The van der Waals surface area contributed by atoms with E-state index in [4.69, 9.17) is 17.3 Å². The molecule has 19 heavy (non-hydrogen) atoms. The molecular weight excluding hydrogens is 258 g/mol. The Balaban J connectivity index is 2.35. The molecule has 0 aliphatic heterocycles. The van der Waals surface area contributed by atoms with Crippen LogP contribution in [0.1, 0.15) is 34.8 Å². The lowest BCUT2D eigenvalue weighted by molar-refractivity contribution is 0.103. The number of carbonyl (C=O) groups excluding carboxylic acids is 1. The Kier molecular flexibility index (Phi) is 4.23. The number of halogens is 1. The van der Waals surface area contributed by atoms with Gasteiger partial charge in [0.15, 0.2) is 5.78 Å². The smallest absolute Gasteiger partial charge is 0.193 e. The maximum atomic E-state index is 12.4. The maximum absolute atomic E-state index is 12.4. The van der Waals surface area contributed by atoms with Crippen molar-refractivity contribution < 1.29 is 4.79 Å². The van der Waals surface area contributed by atoms with Crippen LogP contribution in [0.5, 0.6) is 0 Å². The molecule has 0 aliphatic rings. The van der Waals surface area contributed by atoms with Crippen LogP contribution in [0.15, 0.2) is 42.5 Å². The van der Waals surface area contributed by atoms with E-state index in [2.05, 4.69) is 6.92 Å². The molecule has 0 saturated carbocycles. The highest BCUT2D eigenvalue weighted by Gasteiger charge is 2.11. The van der Waals surface area contributed by atoms with E-state index in [0.717, 1.165) is 12.8 Å². The number of hydrogen-bond acceptors (Lipinski definition) is 2. The third kappa shape index (κ3) is 3.36. The molecule has 2 nitrogen and oxygen atoms in total. The quantitative estimate of drug-likeness (QED) is 0.673. The van der Waals surface area contributed by atoms with E-state index in [1.54, 1.807) is 18.2 Å². The summed E-state index contributed by atoms with van der Waals surface area (Å²) in [6.45, 7) is 2.12. The van der Waals surface area contributed by atoms with Crippen molar-refractivity contribution in [1.82, 2.24) is 0 Å². The molecule has 3 heteroatoms. The van der Waals surface area contributed by atoms with E-state index in [1.807, 2.05) is 24.3 Å². The van der Waals surface area contributed by atoms with Crippen molar-refractivity contribution in [2.45, 2.75) is 19.8 Å². The van der Waals surface area contributed by atoms with Gasteiger partial charge in [-0.05, 0) is 36.2 Å². The zero-order valence-corrected chi connectivity index (χ0v) is 11.6. The molecule has 0 heterocycles. The van der Waals surface area contributed by atoms with E-state index in [-0.39, 0.29) is 5.78 Å². The fraction of sp³-hybridized carbons (Fsp3) is 0.188. The first-order chi connectivity index (χ1) is 9.10. The van der Waals surface area contributed by atoms with Crippen LogP contribution >= 0.6 is 11.6 Å². The Hall–Kier alpha value is -1.80. The summed E-state index contributed by atoms with van der Waals surface area (Å²) in [5.41, 5.74) is 8.59. The molecular formula is C16H16ClNO. The number of anilines is 1. The van der Waals surface area contributed by atoms with E-state index < -0.39 is 0 Å². The molecule has 0 spiro atoms. The lowest BCUT2D eigenvalue weighted by Crippen LogP contribution is -2.03. The first-order valence-electron chi connectivity index (χ1n) is 6.30. The van der Waals surface area contributed by atoms with Gasteiger partial charge in [-0.25, -0.2) is 0 Å². The minimum absolute atomic E-state index is 0.0489. The Labute approximate surface area is 118 Å². The van der Waals surface area contributed by atoms with Gasteiger partial charge in [0.2, 0.25) is 0 Å². The van der Waals surface area contributed by atoms with E-state index in [9.17, 15) is 4.79 Å². The van der Waals surface area contributed by atoms with Crippen LogP contribution in [-0.4, -0.2) is 5.78 Å². The number of rotatable bonds is 4. The van der Waals surface area contributed by atoms with Crippen LogP contribution in [0, 0.1) is 0 Å².